The molecule has 0 spiro atoms. The van der Waals surface area contributed by atoms with Crippen molar-refractivity contribution in [2.45, 2.75) is 32.2 Å². The molecule has 1 fully saturated rings. The maximum absolute atomic E-state index is 12.1. The highest BCUT2D eigenvalue weighted by atomic mass is 79.9. The number of rotatable bonds is 5. The molecule has 5 nitrogen and oxygen atoms in total. The number of benzene rings is 1. The number of likely N-dealkylation sites (N-methyl/N-ethyl adjacent to an activating group) is 1. The molecule has 2 amide bonds. The zero-order chi connectivity index (χ0) is 16.1. The number of amides is 2. The molecule has 1 aromatic rings. The van der Waals surface area contributed by atoms with Crippen LogP contribution in [0.4, 0.5) is 5.69 Å². The molecule has 7 heteroatoms. The Hall–Kier alpha value is -1.11. The second kappa shape index (κ2) is 9.25. The van der Waals surface area contributed by atoms with Crippen molar-refractivity contribution >= 4 is 45.8 Å². The second-order valence-electron chi connectivity index (χ2n) is 5.75. The lowest BCUT2D eigenvalue weighted by molar-refractivity contribution is -0.133. The van der Waals surface area contributed by atoms with Crippen molar-refractivity contribution in [1.82, 2.24) is 10.2 Å². The fourth-order valence-corrected chi connectivity index (χ4v) is 3.03. The topological polar surface area (TPSA) is 61.4 Å². The first-order chi connectivity index (χ1) is 10.5. The zero-order valence-corrected chi connectivity index (χ0v) is 15.8. The summed E-state index contributed by atoms with van der Waals surface area (Å²) in [7, 11) is 1.67. The van der Waals surface area contributed by atoms with Crippen molar-refractivity contribution in [3.8, 4) is 0 Å². The molecule has 23 heavy (non-hydrogen) atoms. The Balaban J connectivity index is 0.00000264. The van der Waals surface area contributed by atoms with Gasteiger partial charge in [-0.25, -0.2) is 0 Å². The maximum Gasteiger partial charge on any atom is 0.243 e. The van der Waals surface area contributed by atoms with Gasteiger partial charge >= 0.3 is 0 Å². The predicted octanol–water partition coefficient (Wildman–Crippen LogP) is 2.72. The van der Waals surface area contributed by atoms with Crippen molar-refractivity contribution < 1.29 is 9.59 Å². The van der Waals surface area contributed by atoms with Crippen LogP contribution in [0.1, 0.15) is 24.8 Å². The Bertz CT molecular complexity index is 562. The molecule has 128 valence electrons. The molecule has 1 unspecified atom stereocenters. The normalized spacial score (nSPS) is 16.6. The summed E-state index contributed by atoms with van der Waals surface area (Å²) in [5.74, 6) is -0.178. The molecule has 0 aromatic heterocycles. The van der Waals surface area contributed by atoms with Gasteiger partial charge in [0.2, 0.25) is 11.8 Å². The van der Waals surface area contributed by atoms with E-state index < -0.39 is 0 Å². The summed E-state index contributed by atoms with van der Waals surface area (Å²) >= 11 is 3.39. The monoisotopic (exact) mass is 403 g/mol. The fourth-order valence-electron chi connectivity index (χ4n) is 2.56. The molecule has 1 aromatic carbocycles. The average Bonchev–Trinajstić information content (AvgIpc) is 2.94. The quantitative estimate of drug-likeness (QED) is 0.793. The third-order valence-corrected chi connectivity index (χ3v) is 4.35. The van der Waals surface area contributed by atoms with E-state index in [2.05, 4.69) is 26.6 Å². The van der Waals surface area contributed by atoms with Crippen LogP contribution in [0.2, 0.25) is 0 Å². The fraction of sp³-hybridized carbons (Fsp3) is 0.500. The number of aryl methyl sites for hydroxylation is 1. The van der Waals surface area contributed by atoms with E-state index in [0.29, 0.717) is 6.42 Å². The van der Waals surface area contributed by atoms with E-state index in [1.54, 1.807) is 7.05 Å². The third-order valence-electron chi connectivity index (χ3n) is 3.85. The molecule has 0 aliphatic carbocycles. The molecule has 1 atom stereocenters. The molecular formula is C16H23BrClN3O2. The minimum absolute atomic E-state index is 0. The molecule has 1 aliphatic heterocycles. The summed E-state index contributed by atoms with van der Waals surface area (Å²) in [4.78, 5) is 25.7. The lowest BCUT2D eigenvalue weighted by Crippen LogP contribution is -2.38. The first-order valence-corrected chi connectivity index (χ1v) is 8.28. The number of hydrogen-bond donors (Lipinski definition) is 2. The Morgan fingerprint density at radius 3 is 2.78 bits per heavy atom. The van der Waals surface area contributed by atoms with E-state index in [1.807, 2.05) is 25.1 Å². The lowest BCUT2D eigenvalue weighted by atomic mass is 10.1. The van der Waals surface area contributed by atoms with Gasteiger partial charge in [-0.15, -0.1) is 12.4 Å². The Kier molecular flexibility index (Phi) is 8.02. The van der Waals surface area contributed by atoms with Gasteiger partial charge in [0.05, 0.1) is 6.54 Å². The molecule has 2 N–H and O–H groups in total. The Morgan fingerprint density at radius 1 is 1.43 bits per heavy atom. The molecule has 0 bridgehead atoms. The largest absolute Gasteiger partial charge is 0.336 e. The van der Waals surface area contributed by atoms with Gasteiger partial charge in [0, 0.05) is 29.7 Å². The summed E-state index contributed by atoms with van der Waals surface area (Å²) in [6, 6.07) is 5.92. The van der Waals surface area contributed by atoms with Crippen molar-refractivity contribution in [2.24, 2.45) is 0 Å². The van der Waals surface area contributed by atoms with Gasteiger partial charge in [0.1, 0.15) is 0 Å². The first kappa shape index (κ1) is 19.9. The molecule has 1 aliphatic rings. The van der Waals surface area contributed by atoms with Crippen LogP contribution in [0, 0.1) is 6.92 Å². The number of carbonyl (C=O) groups is 2. The van der Waals surface area contributed by atoms with Gasteiger partial charge in [-0.2, -0.15) is 0 Å². The Morgan fingerprint density at radius 2 is 2.17 bits per heavy atom. The van der Waals surface area contributed by atoms with Crippen molar-refractivity contribution in [2.75, 3.05) is 25.5 Å². The van der Waals surface area contributed by atoms with E-state index >= 15 is 0 Å². The highest BCUT2D eigenvalue weighted by molar-refractivity contribution is 9.10. The SMILES string of the molecule is Cc1cc(Br)ccc1NC(=O)CN(C)C(=O)CC1CCCN1.Cl. The van der Waals surface area contributed by atoms with Crippen molar-refractivity contribution in [1.29, 1.82) is 0 Å². The number of carbonyl (C=O) groups excluding carboxylic acids is 2. The average molecular weight is 405 g/mol. The van der Waals surface area contributed by atoms with Crippen LogP contribution in [0.25, 0.3) is 0 Å². The lowest BCUT2D eigenvalue weighted by Gasteiger charge is -2.19. The van der Waals surface area contributed by atoms with Crippen LogP contribution in [0.3, 0.4) is 0 Å². The van der Waals surface area contributed by atoms with Crippen LogP contribution in [0.15, 0.2) is 22.7 Å². The molecule has 1 heterocycles. The van der Waals surface area contributed by atoms with Crippen LogP contribution in [-0.4, -0.2) is 42.9 Å². The smallest absolute Gasteiger partial charge is 0.243 e. The van der Waals surface area contributed by atoms with E-state index in [-0.39, 0.29) is 36.8 Å². The summed E-state index contributed by atoms with van der Waals surface area (Å²) in [6.45, 7) is 2.98. The van der Waals surface area contributed by atoms with E-state index in [0.717, 1.165) is 35.1 Å². The molecule has 1 saturated heterocycles. The van der Waals surface area contributed by atoms with Gasteiger partial charge in [0.25, 0.3) is 0 Å². The van der Waals surface area contributed by atoms with E-state index in [1.165, 1.54) is 4.90 Å². The minimum atomic E-state index is -0.180. The minimum Gasteiger partial charge on any atom is -0.336 e. The number of halogens is 2. The van der Waals surface area contributed by atoms with Gasteiger partial charge in [-0.3, -0.25) is 9.59 Å². The van der Waals surface area contributed by atoms with Gasteiger partial charge in [0.15, 0.2) is 0 Å². The second-order valence-corrected chi connectivity index (χ2v) is 6.67. The summed E-state index contributed by atoms with van der Waals surface area (Å²) < 4.78 is 0.972. The van der Waals surface area contributed by atoms with Crippen LogP contribution in [0.5, 0.6) is 0 Å². The van der Waals surface area contributed by atoms with Gasteiger partial charge < -0.3 is 15.5 Å². The standard InChI is InChI=1S/C16H22BrN3O2.ClH/c1-11-8-12(17)5-6-14(11)19-15(21)10-20(2)16(22)9-13-4-3-7-18-13;/h5-6,8,13,18H,3-4,7,9-10H2,1-2H3,(H,19,21);1H. The predicted molar refractivity (Wildman–Crippen MR) is 98.0 cm³/mol. The highest BCUT2D eigenvalue weighted by Gasteiger charge is 2.21. The number of anilines is 1. The molecule has 2 rings (SSSR count). The molecule has 0 radical (unpaired) electrons. The highest BCUT2D eigenvalue weighted by Crippen LogP contribution is 2.20. The van der Waals surface area contributed by atoms with Gasteiger partial charge in [-0.1, -0.05) is 15.9 Å². The number of nitrogens with zero attached hydrogens (tertiary/aromatic N) is 1. The number of nitrogens with one attached hydrogen (secondary N) is 2. The molecular weight excluding hydrogens is 382 g/mol. The van der Waals surface area contributed by atoms with Crippen LogP contribution in [-0.2, 0) is 9.59 Å². The van der Waals surface area contributed by atoms with E-state index in [9.17, 15) is 9.59 Å². The zero-order valence-electron chi connectivity index (χ0n) is 13.4. The first-order valence-electron chi connectivity index (χ1n) is 7.49. The van der Waals surface area contributed by atoms with Crippen LogP contribution < -0.4 is 10.6 Å². The maximum atomic E-state index is 12.1. The summed E-state index contributed by atoms with van der Waals surface area (Å²) in [6.07, 6.45) is 2.61. The molecule has 0 saturated carbocycles. The summed E-state index contributed by atoms with van der Waals surface area (Å²) in [5, 5.41) is 6.14. The van der Waals surface area contributed by atoms with Crippen molar-refractivity contribution in [3.63, 3.8) is 0 Å². The van der Waals surface area contributed by atoms with E-state index in [4.69, 9.17) is 0 Å². The van der Waals surface area contributed by atoms with Crippen LogP contribution >= 0.6 is 28.3 Å². The Labute approximate surface area is 151 Å². The summed E-state index contributed by atoms with van der Waals surface area (Å²) in [5.41, 5.74) is 1.75. The third kappa shape index (κ3) is 6.12. The number of hydrogen-bond acceptors (Lipinski definition) is 3. The van der Waals surface area contributed by atoms with Crippen molar-refractivity contribution in [3.05, 3.63) is 28.2 Å². The van der Waals surface area contributed by atoms with Gasteiger partial charge in [-0.05, 0) is 50.1 Å².